The molecule has 1 N–H and O–H groups in total. The van der Waals surface area contributed by atoms with Crippen LogP contribution in [0.5, 0.6) is 5.75 Å². The minimum atomic E-state index is 0.589. The second-order valence-corrected chi connectivity index (χ2v) is 5.38. The average molecular weight is 278 g/mol. The number of hydrogen-bond donors (Lipinski definition) is 1. The van der Waals surface area contributed by atoms with E-state index in [9.17, 15) is 0 Å². The standard InChI is InChI=1S/C16H26N2O2/c1-18-9-4-3-7-15(18)13-17-14-6-5-8-16(12-14)20-11-10-19-2/h5-6,8,12,15,17H,3-4,7,9-11,13H2,1-2H3. The molecule has 4 nitrogen and oxygen atoms in total. The molecular weight excluding hydrogens is 252 g/mol. The number of likely N-dealkylation sites (tertiary alicyclic amines) is 1. The minimum absolute atomic E-state index is 0.589. The molecule has 1 aromatic carbocycles. The first kappa shape index (κ1) is 15.1. The Morgan fingerprint density at radius 3 is 3.00 bits per heavy atom. The molecule has 1 saturated heterocycles. The lowest BCUT2D eigenvalue weighted by Crippen LogP contribution is -2.40. The molecule has 0 bridgehead atoms. The molecule has 2 rings (SSSR count). The van der Waals surface area contributed by atoms with Gasteiger partial charge in [0.1, 0.15) is 12.4 Å². The van der Waals surface area contributed by atoms with Crippen LogP contribution in [-0.2, 0) is 4.74 Å². The highest BCUT2D eigenvalue weighted by Crippen LogP contribution is 2.19. The van der Waals surface area contributed by atoms with Gasteiger partial charge < -0.3 is 19.7 Å². The molecular formula is C16H26N2O2. The predicted octanol–water partition coefficient (Wildman–Crippen LogP) is 2.61. The van der Waals surface area contributed by atoms with E-state index >= 15 is 0 Å². The number of rotatable bonds is 7. The first-order valence-corrected chi connectivity index (χ1v) is 7.45. The number of anilines is 1. The van der Waals surface area contributed by atoms with E-state index in [1.165, 1.54) is 25.8 Å². The molecule has 0 spiro atoms. The summed E-state index contributed by atoms with van der Waals surface area (Å²) in [5.41, 5.74) is 1.12. The Morgan fingerprint density at radius 1 is 1.30 bits per heavy atom. The van der Waals surface area contributed by atoms with Gasteiger partial charge in [-0.2, -0.15) is 0 Å². The van der Waals surface area contributed by atoms with Crippen molar-refractivity contribution in [2.75, 3.05) is 45.8 Å². The van der Waals surface area contributed by atoms with Crippen molar-refractivity contribution >= 4 is 5.69 Å². The van der Waals surface area contributed by atoms with Gasteiger partial charge in [-0.25, -0.2) is 0 Å². The third-order valence-electron chi connectivity index (χ3n) is 3.85. The van der Waals surface area contributed by atoms with E-state index in [-0.39, 0.29) is 0 Å². The molecule has 1 aliphatic rings. The van der Waals surface area contributed by atoms with E-state index in [1.54, 1.807) is 7.11 Å². The van der Waals surface area contributed by atoms with Crippen molar-refractivity contribution in [3.05, 3.63) is 24.3 Å². The van der Waals surface area contributed by atoms with Crippen molar-refractivity contribution in [3.8, 4) is 5.75 Å². The summed E-state index contributed by atoms with van der Waals surface area (Å²) in [6, 6.07) is 8.79. The zero-order valence-electron chi connectivity index (χ0n) is 12.6. The van der Waals surface area contributed by atoms with Crippen molar-refractivity contribution in [3.63, 3.8) is 0 Å². The Bertz CT molecular complexity index is 398. The highest BCUT2D eigenvalue weighted by Gasteiger charge is 2.18. The number of likely N-dealkylation sites (N-methyl/N-ethyl adjacent to an activating group) is 1. The number of hydrogen-bond acceptors (Lipinski definition) is 4. The number of nitrogens with zero attached hydrogens (tertiary/aromatic N) is 1. The number of methoxy groups -OCH3 is 1. The molecule has 1 aromatic rings. The van der Waals surface area contributed by atoms with Crippen molar-refractivity contribution in [2.45, 2.75) is 25.3 Å². The molecule has 0 saturated carbocycles. The van der Waals surface area contributed by atoms with Crippen LogP contribution in [0.3, 0.4) is 0 Å². The molecule has 0 aromatic heterocycles. The number of nitrogens with one attached hydrogen (secondary N) is 1. The first-order chi connectivity index (χ1) is 9.79. The van der Waals surface area contributed by atoms with E-state index in [0.29, 0.717) is 19.3 Å². The van der Waals surface area contributed by atoms with Gasteiger partial charge in [0.15, 0.2) is 0 Å². The van der Waals surface area contributed by atoms with Crippen LogP contribution in [0.4, 0.5) is 5.69 Å². The molecule has 1 aliphatic heterocycles. The zero-order chi connectivity index (χ0) is 14.2. The van der Waals surface area contributed by atoms with Crippen LogP contribution >= 0.6 is 0 Å². The van der Waals surface area contributed by atoms with Crippen molar-refractivity contribution < 1.29 is 9.47 Å². The van der Waals surface area contributed by atoms with Crippen LogP contribution in [0.15, 0.2) is 24.3 Å². The van der Waals surface area contributed by atoms with Crippen molar-refractivity contribution in [2.24, 2.45) is 0 Å². The monoisotopic (exact) mass is 278 g/mol. The molecule has 1 atom stereocenters. The van der Waals surface area contributed by atoms with Gasteiger partial charge in [-0.05, 0) is 38.6 Å². The Kier molecular flexibility index (Phi) is 6.15. The summed E-state index contributed by atoms with van der Waals surface area (Å²) in [6.07, 6.45) is 3.96. The number of benzene rings is 1. The molecule has 1 fully saturated rings. The van der Waals surface area contributed by atoms with Gasteiger partial charge in [0.25, 0.3) is 0 Å². The fourth-order valence-corrected chi connectivity index (χ4v) is 2.58. The molecule has 1 heterocycles. The summed E-state index contributed by atoms with van der Waals surface area (Å²) in [6.45, 7) is 3.42. The number of ether oxygens (including phenoxy) is 2. The molecule has 0 aliphatic carbocycles. The number of piperidine rings is 1. The van der Waals surface area contributed by atoms with Gasteiger partial charge in [0.2, 0.25) is 0 Å². The minimum Gasteiger partial charge on any atom is -0.491 e. The normalized spacial score (nSPS) is 19.8. The van der Waals surface area contributed by atoms with E-state index < -0.39 is 0 Å². The fourth-order valence-electron chi connectivity index (χ4n) is 2.58. The molecule has 0 radical (unpaired) electrons. The second-order valence-electron chi connectivity index (χ2n) is 5.38. The van der Waals surface area contributed by atoms with E-state index in [0.717, 1.165) is 18.0 Å². The summed E-state index contributed by atoms with van der Waals surface area (Å²) >= 11 is 0. The maximum absolute atomic E-state index is 5.62. The van der Waals surface area contributed by atoms with Gasteiger partial charge in [-0.1, -0.05) is 12.5 Å². The van der Waals surface area contributed by atoms with Gasteiger partial charge in [-0.3, -0.25) is 0 Å². The van der Waals surface area contributed by atoms with Gasteiger partial charge >= 0.3 is 0 Å². The summed E-state index contributed by atoms with van der Waals surface area (Å²) in [7, 11) is 3.90. The van der Waals surface area contributed by atoms with Crippen LogP contribution < -0.4 is 10.1 Å². The smallest absolute Gasteiger partial charge is 0.121 e. The quantitative estimate of drug-likeness (QED) is 0.777. The highest BCUT2D eigenvalue weighted by molar-refractivity contribution is 5.48. The molecule has 4 heteroatoms. The van der Waals surface area contributed by atoms with Crippen LogP contribution in [-0.4, -0.2) is 51.4 Å². The third kappa shape index (κ3) is 4.69. The van der Waals surface area contributed by atoms with E-state index in [1.807, 2.05) is 12.1 Å². The third-order valence-corrected chi connectivity index (χ3v) is 3.85. The van der Waals surface area contributed by atoms with E-state index in [2.05, 4.69) is 29.4 Å². The van der Waals surface area contributed by atoms with Gasteiger partial charge in [0.05, 0.1) is 6.61 Å². The van der Waals surface area contributed by atoms with Crippen molar-refractivity contribution in [1.29, 1.82) is 0 Å². The highest BCUT2D eigenvalue weighted by atomic mass is 16.5. The zero-order valence-corrected chi connectivity index (χ0v) is 12.6. The lowest BCUT2D eigenvalue weighted by Gasteiger charge is -2.32. The Hall–Kier alpha value is -1.26. The van der Waals surface area contributed by atoms with Crippen molar-refractivity contribution in [1.82, 2.24) is 4.90 Å². The molecule has 0 amide bonds. The lowest BCUT2D eigenvalue weighted by atomic mass is 10.0. The fraction of sp³-hybridized carbons (Fsp3) is 0.625. The Labute approximate surface area is 122 Å². The predicted molar refractivity (Wildman–Crippen MR) is 82.6 cm³/mol. The lowest BCUT2D eigenvalue weighted by molar-refractivity contribution is 0.146. The topological polar surface area (TPSA) is 33.7 Å². The summed E-state index contributed by atoms with van der Waals surface area (Å²) < 4.78 is 10.6. The summed E-state index contributed by atoms with van der Waals surface area (Å²) in [5, 5.41) is 3.52. The molecule has 1 unspecified atom stereocenters. The maximum atomic E-state index is 5.62. The van der Waals surface area contributed by atoms with Gasteiger partial charge in [0, 0.05) is 31.5 Å². The first-order valence-electron chi connectivity index (χ1n) is 7.45. The molecule has 112 valence electrons. The SMILES string of the molecule is COCCOc1cccc(NCC2CCCCN2C)c1. The maximum Gasteiger partial charge on any atom is 0.121 e. The second kappa shape index (κ2) is 8.12. The largest absolute Gasteiger partial charge is 0.491 e. The average Bonchev–Trinajstić information content (AvgIpc) is 2.47. The Morgan fingerprint density at radius 2 is 2.20 bits per heavy atom. The van der Waals surface area contributed by atoms with Crippen LogP contribution in [0.2, 0.25) is 0 Å². The van der Waals surface area contributed by atoms with E-state index in [4.69, 9.17) is 9.47 Å². The van der Waals surface area contributed by atoms with Crippen LogP contribution in [0, 0.1) is 0 Å². The van der Waals surface area contributed by atoms with Gasteiger partial charge in [-0.15, -0.1) is 0 Å². The summed E-state index contributed by atoms with van der Waals surface area (Å²) in [5.74, 6) is 0.893. The molecule has 20 heavy (non-hydrogen) atoms. The summed E-state index contributed by atoms with van der Waals surface area (Å²) in [4.78, 5) is 2.45. The van der Waals surface area contributed by atoms with Crippen LogP contribution in [0.25, 0.3) is 0 Å². The van der Waals surface area contributed by atoms with Crippen LogP contribution in [0.1, 0.15) is 19.3 Å². The Balaban J connectivity index is 1.81.